The highest BCUT2D eigenvalue weighted by Crippen LogP contribution is 2.14. The van der Waals surface area contributed by atoms with Crippen LogP contribution in [0.4, 0.5) is 5.69 Å². The predicted molar refractivity (Wildman–Crippen MR) is 131 cm³/mol. The van der Waals surface area contributed by atoms with Crippen LogP contribution in [0.25, 0.3) is 6.08 Å². The minimum absolute atomic E-state index is 0.189. The van der Waals surface area contributed by atoms with Gasteiger partial charge in [-0.15, -0.1) is 0 Å². The SMILES string of the molecule is CCCCc1ccc(C(=O)N/C(=C\c2ccc(C)cc2)C(=O)Nc2ccc(C)cc2)cc1. The van der Waals surface area contributed by atoms with Crippen molar-refractivity contribution in [1.29, 1.82) is 0 Å². The predicted octanol–water partition coefficient (Wildman–Crippen LogP) is 6.06. The maximum atomic E-state index is 13.0. The molecule has 0 spiro atoms. The van der Waals surface area contributed by atoms with Gasteiger partial charge in [-0.2, -0.15) is 0 Å². The Balaban J connectivity index is 1.81. The molecule has 0 radical (unpaired) electrons. The normalized spacial score (nSPS) is 11.2. The van der Waals surface area contributed by atoms with Crippen LogP contribution in [0, 0.1) is 13.8 Å². The Hall–Kier alpha value is -3.66. The van der Waals surface area contributed by atoms with Crippen molar-refractivity contribution >= 4 is 23.6 Å². The number of nitrogens with one attached hydrogen (secondary N) is 2. The summed E-state index contributed by atoms with van der Waals surface area (Å²) in [4.78, 5) is 25.9. The van der Waals surface area contributed by atoms with Crippen molar-refractivity contribution in [3.05, 3.63) is 106 Å². The zero-order valence-corrected chi connectivity index (χ0v) is 18.9. The number of aryl methyl sites for hydroxylation is 3. The van der Waals surface area contributed by atoms with Gasteiger partial charge in [0.1, 0.15) is 5.70 Å². The van der Waals surface area contributed by atoms with Crippen LogP contribution in [0.3, 0.4) is 0 Å². The topological polar surface area (TPSA) is 58.2 Å². The molecule has 0 fully saturated rings. The number of benzene rings is 3. The van der Waals surface area contributed by atoms with Crippen LogP contribution < -0.4 is 10.6 Å². The summed E-state index contributed by atoms with van der Waals surface area (Å²) in [6.07, 6.45) is 4.94. The molecule has 0 aromatic heterocycles. The molecule has 3 rings (SSSR count). The second-order valence-corrected chi connectivity index (χ2v) is 8.04. The first-order valence-corrected chi connectivity index (χ1v) is 11.0. The minimum atomic E-state index is -0.373. The molecule has 0 bridgehead atoms. The highest BCUT2D eigenvalue weighted by atomic mass is 16.2. The Bertz CT molecular complexity index is 1080. The van der Waals surface area contributed by atoms with Crippen molar-refractivity contribution in [2.45, 2.75) is 40.0 Å². The molecule has 3 aromatic carbocycles. The van der Waals surface area contributed by atoms with Gasteiger partial charge in [0.2, 0.25) is 0 Å². The highest BCUT2D eigenvalue weighted by molar-refractivity contribution is 6.10. The molecule has 0 saturated heterocycles. The van der Waals surface area contributed by atoms with Crippen LogP contribution in [0.2, 0.25) is 0 Å². The number of amides is 2. The largest absolute Gasteiger partial charge is 0.321 e. The molecule has 2 N–H and O–H groups in total. The molecule has 0 saturated carbocycles. The quantitative estimate of drug-likeness (QED) is 0.430. The standard InChI is InChI=1S/C28H30N2O2/c1-4-5-6-22-13-15-24(16-14-22)27(31)30-26(19-23-11-7-20(2)8-12-23)28(32)29-25-17-9-21(3)10-18-25/h7-19H,4-6H2,1-3H3,(H,29,32)(H,30,31)/b26-19-. The van der Waals surface area contributed by atoms with E-state index in [2.05, 4.69) is 17.6 Å². The van der Waals surface area contributed by atoms with Crippen LogP contribution in [-0.2, 0) is 11.2 Å². The zero-order valence-electron chi connectivity index (χ0n) is 18.9. The summed E-state index contributed by atoms with van der Waals surface area (Å²) in [5.74, 6) is -0.688. The molecule has 0 aliphatic carbocycles. The Labute approximate surface area is 190 Å². The van der Waals surface area contributed by atoms with E-state index in [1.807, 2.05) is 86.6 Å². The van der Waals surface area contributed by atoms with Crippen molar-refractivity contribution in [3.8, 4) is 0 Å². The van der Waals surface area contributed by atoms with Gasteiger partial charge in [-0.3, -0.25) is 9.59 Å². The fourth-order valence-electron chi connectivity index (χ4n) is 3.22. The van der Waals surface area contributed by atoms with Gasteiger partial charge in [-0.25, -0.2) is 0 Å². The van der Waals surface area contributed by atoms with E-state index < -0.39 is 0 Å². The Morgan fingerprint density at radius 1 is 0.812 bits per heavy atom. The number of rotatable bonds is 8. The van der Waals surface area contributed by atoms with Crippen LogP contribution in [0.1, 0.15) is 52.4 Å². The minimum Gasteiger partial charge on any atom is -0.321 e. The highest BCUT2D eigenvalue weighted by Gasteiger charge is 2.15. The Kier molecular flexibility index (Phi) is 7.98. The van der Waals surface area contributed by atoms with Crippen LogP contribution in [0.5, 0.6) is 0 Å². The summed E-state index contributed by atoms with van der Waals surface area (Å²) in [6, 6.07) is 22.9. The third-order valence-corrected chi connectivity index (χ3v) is 5.23. The maximum absolute atomic E-state index is 13.0. The fraction of sp³-hybridized carbons (Fsp3) is 0.214. The summed E-state index contributed by atoms with van der Waals surface area (Å²) < 4.78 is 0. The lowest BCUT2D eigenvalue weighted by Crippen LogP contribution is -2.30. The smallest absolute Gasteiger partial charge is 0.272 e. The van der Waals surface area contributed by atoms with Gasteiger partial charge in [-0.05, 0) is 68.2 Å². The second-order valence-electron chi connectivity index (χ2n) is 8.04. The molecule has 4 nitrogen and oxygen atoms in total. The van der Waals surface area contributed by atoms with E-state index >= 15 is 0 Å². The number of carbonyl (C=O) groups is 2. The summed E-state index contributed by atoms with van der Waals surface area (Å²) in [6.45, 7) is 6.15. The van der Waals surface area contributed by atoms with Gasteiger partial charge >= 0.3 is 0 Å². The fourth-order valence-corrected chi connectivity index (χ4v) is 3.22. The molecule has 0 unspecified atom stereocenters. The van der Waals surface area contributed by atoms with Crippen LogP contribution >= 0.6 is 0 Å². The molecule has 3 aromatic rings. The Morgan fingerprint density at radius 2 is 1.41 bits per heavy atom. The van der Waals surface area contributed by atoms with Crippen molar-refractivity contribution in [1.82, 2.24) is 5.32 Å². The monoisotopic (exact) mass is 426 g/mol. The van der Waals surface area contributed by atoms with E-state index in [1.54, 1.807) is 6.08 Å². The van der Waals surface area contributed by atoms with Gasteiger partial charge in [0.05, 0.1) is 0 Å². The first kappa shape index (κ1) is 23.0. The molecule has 0 aliphatic rings. The van der Waals surface area contributed by atoms with Crippen molar-refractivity contribution < 1.29 is 9.59 Å². The van der Waals surface area contributed by atoms with E-state index in [9.17, 15) is 9.59 Å². The molecular formula is C28H30N2O2. The van der Waals surface area contributed by atoms with E-state index in [1.165, 1.54) is 5.56 Å². The second kappa shape index (κ2) is 11.1. The van der Waals surface area contributed by atoms with Gasteiger partial charge in [0.15, 0.2) is 0 Å². The number of carbonyl (C=O) groups excluding carboxylic acids is 2. The molecule has 2 amide bonds. The van der Waals surface area contributed by atoms with Crippen LogP contribution in [0.15, 0.2) is 78.5 Å². The molecular weight excluding hydrogens is 396 g/mol. The maximum Gasteiger partial charge on any atom is 0.272 e. The average molecular weight is 427 g/mol. The summed E-state index contributed by atoms with van der Waals surface area (Å²) in [5.41, 5.74) is 5.65. The molecule has 0 aliphatic heterocycles. The number of anilines is 1. The summed E-state index contributed by atoms with van der Waals surface area (Å²) in [5, 5.41) is 5.67. The van der Waals surface area contributed by atoms with E-state index in [-0.39, 0.29) is 17.5 Å². The number of hydrogen-bond acceptors (Lipinski definition) is 2. The van der Waals surface area contributed by atoms with E-state index in [0.29, 0.717) is 11.3 Å². The number of unbranched alkanes of at least 4 members (excludes halogenated alkanes) is 1. The lowest BCUT2D eigenvalue weighted by atomic mass is 10.1. The lowest BCUT2D eigenvalue weighted by molar-refractivity contribution is -0.113. The zero-order chi connectivity index (χ0) is 22.9. The van der Waals surface area contributed by atoms with Crippen LogP contribution in [-0.4, -0.2) is 11.8 Å². The van der Waals surface area contributed by atoms with Gasteiger partial charge in [0, 0.05) is 11.3 Å². The van der Waals surface area contributed by atoms with Crippen molar-refractivity contribution in [2.24, 2.45) is 0 Å². The van der Waals surface area contributed by atoms with Gasteiger partial charge in [0.25, 0.3) is 11.8 Å². The van der Waals surface area contributed by atoms with Gasteiger partial charge in [-0.1, -0.05) is 73.0 Å². The average Bonchev–Trinajstić information content (AvgIpc) is 2.80. The number of hydrogen-bond donors (Lipinski definition) is 2. The summed E-state index contributed by atoms with van der Waals surface area (Å²) >= 11 is 0. The van der Waals surface area contributed by atoms with E-state index in [0.717, 1.165) is 36.0 Å². The molecule has 0 heterocycles. The third kappa shape index (κ3) is 6.67. The molecule has 32 heavy (non-hydrogen) atoms. The van der Waals surface area contributed by atoms with Crippen molar-refractivity contribution in [2.75, 3.05) is 5.32 Å². The Morgan fingerprint density at radius 3 is 2.00 bits per heavy atom. The molecule has 4 heteroatoms. The summed E-state index contributed by atoms with van der Waals surface area (Å²) in [7, 11) is 0. The first-order valence-electron chi connectivity index (χ1n) is 11.0. The van der Waals surface area contributed by atoms with Crippen molar-refractivity contribution in [3.63, 3.8) is 0 Å². The molecule has 0 atom stereocenters. The van der Waals surface area contributed by atoms with Gasteiger partial charge < -0.3 is 10.6 Å². The van der Waals surface area contributed by atoms with E-state index in [4.69, 9.17) is 0 Å². The lowest BCUT2D eigenvalue weighted by Gasteiger charge is -2.12. The molecule has 164 valence electrons. The first-order chi connectivity index (χ1) is 15.4. The third-order valence-electron chi connectivity index (χ3n) is 5.23.